The fraction of sp³-hybridized carbons (Fsp3) is 0.385. The fourth-order valence-electron chi connectivity index (χ4n) is 4.78. The van der Waals surface area contributed by atoms with Crippen molar-refractivity contribution in [1.29, 1.82) is 0 Å². The first kappa shape index (κ1) is 27.3. The summed E-state index contributed by atoms with van der Waals surface area (Å²) in [5, 5.41) is 2.59. The van der Waals surface area contributed by atoms with E-state index in [2.05, 4.69) is 10.3 Å². The molecule has 3 amide bonds. The third-order valence-corrected chi connectivity index (χ3v) is 6.53. The number of nitrogens with zero attached hydrogens (tertiary/aromatic N) is 2. The molecule has 2 heterocycles. The van der Waals surface area contributed by atoms with Crippen molar-refractivity contribution in [1.82, 2.24) is 4.90 Å². The predicted octanol–water partition coefficient (Wildman–Crippen LogP) is 5.40. The first-order chi connectivity index (χ1) is 17.7. The molecule has 38 heavy (non-hydrogen) atoms. The van der Waals surface area contributed by atoms with Gasteiger partial charge in [-0.1, -0.05) is 42.0 Å². The summed E-state index contributed by atoms with van der Waals surface area (Å²) in [4.78, 5) is 44.7. The molecule has 1 N–H and O–H groups in total. The van der Waals surface area contributed by atoms with Crippen LogP contribution in [0, 0.1) is 18.8 Å². The minimum absolute atomic E-state index is 0.235. The molecular formula is C26H23F6N3O3. The van der Waals surface area contributed by atoms with Gasteiger partial charge in [0, 0.05) is 24.0 Å². The Kier molecular flexibility index (Phi) is 7.35. The van der Waals surface area contributed by atoms with Crippen LogP contribution in [0.15, 0.2) is 53.5 Å². The molecule has 4 rings (SSSR count). The molecule has 2 aromatic carbocycles. The third kappa shape index (κ3) is 5.89. The van der Waals surface area contributed by atoms with Gasteiger partial charge in [-0.3, -0.25) is 14.4 Å². The quantitative estimate of drug-likeness (QED) is 0.395. The number of hydrogen-bond donors (Lipinski definition) is 1. The smallest absolute Gasteiger partial charge is 0.322 e. The molecule has 6 nitrogen and oxygen atoms in total. The zero-order chi connectivity index (χ0) is 27.8. The maximum absolute atomic E-state index is 13.3. The van der Waals surface area contributed by atoms with E-state index in [0.29, 0.717) is 21.7 Å². The first-order valence-corrected chi connectivity index (χ1v) is 11.8. The van der Waals surface area contributed by atoms with Gasteiger partial charge < -0.3 is 5.32 Å². The normalized spacial score (nSPS) is 22.2. The van der Waals surface area contributed by atoms with Crippen molar-refractivity contribution in [2.75, 3.05) is 5.32 Å². The van der Waals surface area contributed by atoms with Crippen LogP contribution in [0.25, 0.3) is 0 Å². The minimum atomic E-state index is -4.69. The second-order valence-electron chi connectivity index (χ2n) is 9.32. The number of amides is 3. The fourth-order valence-corrected chi connectivity index (χ4v) is 4.78. The molecule has 1 saturated heterocycles. The van der Waals surface area contributed by atoms with Gasteiger partial charge in [-0.2, -0.15) is 26.3 Å². The van der Waals surface area contributed by atoms with Gasteiger partial charge in [0.2, 0.25) is 18.0 Å². The number of fused-ring (bicyclic) bond motifs is 1. The Morgan fingerprint density at radius 1 is 0.842 bits per heavy atom. The topological polar surface area (TPSA) is 78.8 Å². The zero-order valence-corrected chi connectivity index (χ0v) is 20.1. The summed E-state index contributed by atoms with van der Waals surface area (Å²) in [5.41, 5.74) is 2.41. The minimum Gasteiger partial charge on any atom is -0.322 e. The number of nitrogens with one attached hydrogen (secondary N) is 1. The Hall–Kier alpha value is -3.70. The van der Waals surface area contributed by atoms with Crippen LogP contribution in [0.3, 0.4) is 0 Å². The molecule has 0 radical (unpaired) electrons. The number of aliphatic imine (C=N–C) groups is 1. The summed E-state index contributed by atoms with van der Waals surface area (Å²) < 4.78 is 77.7. The van der Waals surface area contributed by atoms with Crippen molar-refractivity contribution >= 4 is 29.1 Å². The van der Waals surface area contributed by atoms with Gasteiger partial charge in [0.15, 0.2) is 0 Å². The lowest BCUT2D eigenvalue weighted by Gasteiger charge is -2.22. The number of benzene rings is 2. The van der Waals surface area contributed by atoms with Gasteiger partial charge in [-0.25, -0.2) is 9.89 Å². The molecule has 2 aliphatic heterocycles. The van der Waals surface area contributed by atoms with Crippen molar-refractivity contribution in [2.24, 2.45) is 16.8 Å². The molecule has 0 bridgehead atoms. The number of likely N-dealkylation sites (tertiary alicyclic amines) is 1. The van der Waals surface area contributed by atoms with Crippen molar-refractivity contribution in [3.05, 3.63) is 65.2 Å². The van der Waals surface area contributed by atoms with Crippen LogP contribution in [0.4, 0.5) is 32.0 Å². The number of imide groups is 1. The average Bonchev–Trinajstić information content (AvgIpc) is 2.95. The number of halogens is 6. The summed E-state index contributed by atoms with van der Waals surface area (Å²) in [6.45, 7) is 1.82. The Morgan fingerprint density at radius 2 is 1.42 bits per heavy atom. The Morgan fingerprint density at radius 3 is 1.97 bits per heavy atom. The third-order valence-electron chi connectivity index (χ3n) is 6.53. The second kappa shape index (κ2) is 10.2. The average molecular weight is 539 g/mol. The highest BCUT2D eigenvalue weighted by molar-refractivity contribution is 6.21. The Labute approximate surface area is 213 Å². The maximum Gasteiger partial charge on any atom is 0.389 e. The molecule has 0 unspecified atom stereocenters. The number of anilines is 1. The molecule has 12 heteroatoms. The zero-order valence-electron chi connectivity index (χ0n) is 20.1. The van der Waals surface area contributed by atoms with Crippen molar-refractivity contribution < 1.29 is 40.7 Å². The van der Waals surface area contributed by atoms with Crippen LogP contribution in [-0.4, -0.2) is 46.9 Å². The lowest BCUT2D eigenvalue weighted by Crippen LogP contribution is -2.46. The van der Waals surface area contributed by atoms with E-state index < -0.39 is 73.8 Å². The number of hydrogen-bond acceptors (Lipinski definition) is 4. The van der Waals surface area contributed by atoms with Crippen molar-refractivity contribution in [2.45, 2.75) is 51.1 Å². The molecule has 1 fully saturated rings. The monoisotopic (exact) mass is 539 g/mol. The van der Waals surface area contributed by atoms with Gasteiger partial charge in [-0.05, 0) is 31.9 Å². The van der Waals surface area contributed by atoms with Crippen LogP contribution in [0.5, 0.6) is 0 Å². The number of carbonyl (C=O) groups is 3. The van der Waals surface area contributed by atoms with Gasteiger partial charge in [0.25, 0.3) is 5.91 Å². The summed E-state index contributed by atoms with van der Waals surface area (Å²) in [6.07, 6.45) is -15.9. The number of carbonyl (C=O) groups excluding carboxylic acids is 3. The Balaban J connectivity index is 1.77. The lowest BCUT2D eigenvalue weighted by atomic mass is 9.87. The van der Waals surface area contributed by atoms with E-state index in [0.717, 1.165) is 5.56 Å². The van der Waals surface area contributed by atoms with Gasteiger partial charge in [0.1, 0.15) is 0 Å². The second-order valence-corrected chi connectivity index (χ2v) is 9.32. The highest BCUT2D eigenvalue weighted by Crippen LogP contribution is 2.40. The summed E-state index contributed by atoms with van der Waals surface area (Å²) >= 11 is 0. The lowest BCUT2D eigenvalue weighted by molar-refractivity contribution is -0.147. The number of aryl methyl sites for hydroxylation is 1. The van der Waals surface area contributed by atoms with Gasteiger partial charge in [-0.15, -0.1) is 0 Å². The van der Waals surface area contributed by atoms with E-state index in [4.69, 9.17) is 0 Å². The SMILES string of the molecule is Cc1cccc(C2=N[C@@H](N3C(=O)[C@@H](CCC(F)(F)F)[C@@H](CCC(F)(F)F)C3=O)C(=O)Nc3ccccc32)c1. The Bertz CT molecular complexity index is 1250. The molecule has 2 aliphatic rings. The largest absolute Gasteiger partial charge is 0.389 e. The molecule has 0 saturated carbocycles. The highest BCUT2D eigenvalue weighted by Gasteiger charge is 2.53. The van der Waals surface area contributed by atoms with Crippen LogP contribution in [0.1, 0.15) is 42.4 Å². The van der Waals surface area contributed by atoms with E-state index in [1.165, 1.54) is 0 Å². The predicted molar refractivity (Wildman–Crippen MR) is 125 cm³/mol. The maximum atomic E-state index is 13.3. The molecule has 0 spiro atoms. The summed E-state index contributed by atoms with van der Waals surface area (Å²) in [5.74, 6) is -6.53. The standard InChI is InChI=1S/C26H23F6N3O3/c1-14-5-4-6-15(13-14)20-18-7-2-3-8-19(18)33-22(36)21(34-20)35-23(37)16(9-11-25(27,28)29)17(24(35)38)10-12-26(30,31)32/h2-8,13,16-17,21H,9-12H2,1H3,(H,33,36)/t16-,17+,21-/m0/s1. The van der Waals surface area contributed by atoms with E-state index in [9.17, 15) is 40.7 Å². The number of benzodiazepines with no additional fused rings is 1. The van der Waals surface area contributed by atoms with E-state index in [-0.39, 0.29) is 5.71 Å². The molecule has 3 atom stereocenters. The van der Waals surface area contributed by atoms with Crippen LogP contribution in [0.2, 0.25) is 0 Å². The summed E-state index contributed by atoms with van der Waals surface area (Å²) in [7, 11) is 0. The first-order valence-electron chi connectivity index (χ1n) is 11.8. The molecule has 0 aromatic heterocycles. The highest BCUT2D eigenvalue weighted by atomic mass is 19.4. The van der Waals surface area contributed by atoms with Gasteiger partial charge >= 0.3 is 12.4 Å². The number of alkyl halides is 6. The molecule has 2 aromatic rings. The molecular weight excluding hydrogens is 516 g/mol. The molecule has 0 aliphatic carbocycles. The van der Waals surface area contributed by atoms with Gasteiger partial charge in [0.05, 0.1) is 23.2 Å². The van der Waals surface area contributed by atoms with Crippen molar-refractivity contribution in [3.63, 3.8) is 0 Å². The van der Waals surface area contributed by atoms with E-state index in [1.807, 2.05) is 13.0 Å². The van der Waals surface area contributed by atoms with E-state index >= 15 is 0 Å². The van der Waals surface area contributed by atoms with Crippen LogP contribution >= 0.6 is 0 Å². The van der Waals surface area contributed by atoms with Crippen molar-refractivity contribution in [3.8, 4) is 0 Å². The van der Waals surface area contributed by atoms with Crippen LogP contribution in [-0.2, 0) is 14.4 Å². The number of rotatable bonds is 6. The van der Waals surface area contributed by atoms with Crippen LogP contribution < -0.4 is 5.32 Å². The number of para-hydroxylation sites is 1. The molecule has 202 valence electrons. The summed E-state index contributed by atoms with van der Waals surface area (Å²) in [6, 6.07) is 13.6. The van der Waals surface area contributed by atoms with E-state index in [1.54, 1.807) is 42.5 Å².